The van der Waals surface area contributed by atoms with Crippen LogP contribution in [0, 0.1) is 0 Å². The average Bonchev–Trinajstić information content (AvgIpc) is 4.30. The van der Waals surface area contributed by atoms with Crippen molar-refractivity contribution in [3.05, 3.63) is 243 Å². The highest BCUT2D eigenvalue weighted by atomic mass is 32.1. The van der Waals surface area contributed by atoms with E-state index in [0.29, 0.717) is 17.5 Å². The fourth-order valence-electron chi connectivity index (χ4n) is 11.6. The molecule has 10 aromatic carbocycles. The summed E-state index contributed by atoms with van der Waals surface area (Å²) in [6.45, 7) is 0. The Labute approximate surface area is 443 Å². The van der Waals surface area contributed by atoms with Crippen molar-refractivity contribution in [3.63, 3.8) is 0 Å². The van der Waals surface area contributed by atoms with Crippen molar-refractivity contribution in [1.82, 2.24) is 29.1 Å². The highest BCUT2D eigenvalue weighted by molar-refractivity contribution is 7.27. The molecule has 16 aromatic rings. The van der Waals surface area contributed by atoms with Crippen LogP contribution >= 0.6 is 22.7 Å². The molecule has 76 heavy (non-hydrogen) atoms. The van der Waals surface area contributed by atoms with Gasteiger partial charge in [-0.1, -0.05) is 158 Å². The first-order valence-electron chi connectivity index (χ1n) is 25.4. The predicted molar refractivity (Wildman–Crippen MR) is 319 cm³/mol. The van der Waals surface area contributed by atoms with Crippen LogP contribution in [0.25, 0.3) is 152 Å². The van der Waals surface area contributed by atoms with Gasteiger partial charge in [-0.3, -0.25) is 4.98 Å². The summed E-state index contributed by atoms with van der Waals surface area (Å²) in [6, 6.07) is 84.4. The number of benzene rings is 10. The Balaban J connectivity index is 0.901. The summed E-state index contributed by atoms with van der Waals surface area (Å²) in [5.74, 6) is 1.76. The molecule has 0 saturated carbocycles. The second-order valence-electron chi connectivity index (χ2n) is 19.3. The first kappa shape index (κ1) is 42.9. The number of hydrogen-bond acceptors (Lipinski definition) is 6. The number of fused-ring (bicyclic) bond motifs is 14. The van der Waals surface area contributed by atoms with Gasteiger partial charge in [-0.15, -0.1) is 22.7 Å². The summed E-state index contributed by atoms with van der Waals surface area (Å²) in [6.07, 6.45) is 2.02. The molecule has 0 radical (unpaired) electrons. The van der Waals surface area contributed by atoms with Crippen LogP contribution in [0.4, 0.5) is 0 Å². The van der Waals surface area contributed by atoms with Gasteiger partial charge in [-0.2, -0.15) is 0 Å². The van der Waals surface area contributed by atoms with E-state index in [0.717, 1.165) is 50.4 Å². The number of hydrogen-bond donors (Lipinski definition) is 0. The van der Waals surface area contributed by atoms with Gasteiger partial charge in [0, 0.05) is 107 Å². The highest BCUT2D eigenvalue weighted by Gasteiger charge is 2.23. The molecule has 6 aromatic heterocycles. The lowest BCUT2D eigenvalue weighted by molar-refractivity contribution is 1.07. The molecule has 0 aliphatic rings. The van der Waals surface area contributed by atoms with Gasteiger partial charge in [0.2, 0.25) is 0 Å². The minimum Gasteiger partial charge on any atom is -0.309 e. The lowest BCUT2D eigenvalue weighted by atomic mass is 9.97. The van der Waals surface area contributed by atoms with E-state index in [-0.39, 0.29) is 0 Å². The minimum absolute atomic E-state index is 0.557. The summed E-state index contributed by atoms with van der Waals surface area (Å²) < 4.78 is 9.81. The van der Waals surface area contributed by atoms with Gasteiger partial charge in [0.1, 0.15) is 0 Å². The fraction of sp³-hybridized carbons (Fsp3) is 0. The third-order valence-electron chi connectivity index (χ3n) is 15.0. The first-order chi connectivity index (χ1) is 37.7. The Bertz CT molecular complexity index is 4920. The Morgan fingerprint density at radius 1 is 0.303 bits per heavy atom. The number of aromatic nitrogens is 6. The van der Waals surface area contributed by atoms with Crippen molar-refractivity contribution in [1.29, 1.82) is 0 Å². The zero-order chi connectivity index (χ0) is 49.8. The summed E-state index contributed by atoms with van der Waals surface area (Å²) >= 11 is 3.72. The predicted octanol–water partition coefficient (Wildman–Crippen LogP) is 18.5. The first-order valence-corrected chi connectivity index (χ1v) is 27.1. The molecule has 0 aliphatic heterocycles. The SMILES string of the molecule is c1ccc(-c2nc(-c3ccccc3)nc(-c3cc(-c4ccc5sc6c(ccc7c6c6ccccc6n7-c6ccccc6)c5c4)cnc3-c3ccc4sc5c(ccc6c5c5ccccc5n6-c5ccccc5)c4c3)n2)cc1. The van der Waals surface area contributed by atoms with Crippen LogP contribution in [0.3, 0.4) is 0 Å². The standard InChI is InChI=1S/C68H40N6S2/c1-5-17-41(18-6-1)66-70-67(42-19-7-2-8-20-42)72-68(71-66)54-39-45(43-29-35-59-52(37-43)48-31-33-57-61(64(48)75-59)50-25-13-15-27-55(50)73(57)46-21-9-3-10-22-46)40-69-63(54)44-30-36-60-53(38-44)49-32-34-58-62(65(49)76-60)51-26-14-16-28-56(51)74(58)47-23-11-4-12-24-47/h1-40H. The molecule has 0 saturated heterocycles. The fourth-order valence-corrected chi connectivity index (χ4v) is 14.0. The quantitative estimate of drug-likeness (QED) is 0.160. The normalized spacial score (nSPS) is 11.9. The lowest BCUT2D eigenvalue weighted by Gasteiger charge is -2.13. The molecule has 8 heteroatoms. The lowest BCUT2D eigenvalue weighted by Crippen LogP contribution is -2.02. The van der Waals surface area contributed by atoms with E-state index in [1.807, 2.05) is 65.3 Å². The van der Waals surface area contributed by atoms with E-state index in [9.17, 15) is 0 Å². The van der Waals surface area contributed by atoms with Crippen molar-refractivity contribution in [2.45, 2.75) is 0 Å². The van der Waals surface area contributed by atoms with Crippen molar-refractivity contribution in [3.8, 4) is 67.9 Å². The summed E-state index contributed by atoms with van der Waals surface area (Å²) in [5, 5.41) is 9.92. The largest absolute Gasteiger partial charge is 0.309 e. The number of rotatable bonds is 7. The van der Waals surface area contributed by atoms with Crippen LogP contribution in [-0.4, -0.2) is 29.1 Å². The molecular weight excluding hydrogens is 965 g/mol. The van der Waals surface area contributed by atoms with Gasteiger partial charge in [0.15, 0.2) is 17.5 Å². The number of nitrogens with zero attached hydrogens (tertiary/aromatic N) is 6. The van der Waals surface area contributed by atoms with Gasteiger partial charge >= 0.3 is 0 Å². The summed E-state index contributed by atoms with van der Waals surface area (Å²) in [7, 11) is 0. The molecule has 354 valence electrons. The van der Waals surface area contributed by atoms with E-state index < -0.39 is 0 Å². The molecule has 0 atom stereocenters. The molecule has 0 spiro atoms. The Morgan fingerprint density at radius 2 is 0.750 bits per heavy atom. The van der Waals surface area contributed by atoms with Crippen LogP contribution < -0.4 is 0 Å². The van der Waals surface area contributed by atoms with Crippen LogP contribution in [0.1, 0.15) is 0 Å². The van der Waals surface area contributed by atoms with Gasteiger partial charge in [-0.05, 0) is 84.4 Å². The molecule has 0 amide bonds. The smallest absolute Gasteiger partial charge is 0.166 e. The Hall–Kier alpha value is -9.60. The Kier molecular flexibility index (Phi) is 9.57. The van der Waals surface area contributed by atoms with Crippen LogP contribution in [0.2, 0.25) is 0 Å². The zero-order valence-corrected chi connectivity index (χ0v) is 42.2. The molecule has 6 nitrogen and oxygen atoms in total. The van der Waals surface area contributed by atoms with Gasteiger partial charge in [-0.25, -0.2) is 15.0 Å². The van der Waals surface area contributed by atoms with E-state index in [1.54, 1.807) is 0 Å². The van der Waals surface area contributed by atoms with E-state index >= 15 is 0 Å². The molecule has 0 bridgehead atoms. The van der Waals surface area contributed by atoms with E-state index in [1.165, 1.54) is 84.0 Å². The summed E-state index contributed by atoms with van der Waals surface area (Å²) in [4.78, 5) is 21.2. The van der Waals surface area contributed by atoms with Gasteiger partial charge in [0.25, 0.3) is 0 Å². The second kappa shape index (κ2) is 17.0. The molecule has 0 unspecified atom stereocenters. The average molecular weight is 1010 g/mol. The summed E-state index contributed by atoms with van der Waals surface area (Å²) in [5.41, 5.74) is 13.6. The molecule has 16 rings (SSSR count). The maximum Gasteiger partial charge on any atom is 0.166 e. The maximum atomic E-state index is 5.44. The number of thiophene rings is 2. The van der Waals surface area contributed by atoms with Gasteiger partial charge < -0.3 is 9.13 Å². The molecule has 0 aliphatic carbocycles. The van der Waals surface area contributed by atoms with Crippen LogP contribution in [-0.2, 0) is 0 Å². The van der Waals surface area contributed by atoms with Crippen LogP contribution in [0.15, 0.2) is 243 Å². The van der Waals surface area contributed by atoms with Crippen molar-refractivity contribution >= 4 is 107 Å². The molecule has 0 N–H and O–H groups in total. The second-order valence-corrected chi connectivity index (χ2v) is 21.4. The van der Waals surface area contributed by atoms with Crippen molar-refractivity contribution < 1.29 is 0 Å². The van der Waals surface area contributed by atoms with Crippen molar-refractivity contribution in [2.24, 2.45) is 0 Å². The van der Waals surface area contributed by atoms with Crippen LogP contribution in [0.5, 0.6) is 0 Å². The van der Waals surface area contributed by atoms with E-state index in [2.05, 4.69) is 209 Å². The maximum absolute atomic E-state index is 5.44. The highest BCUT2D eigenvalue weighted by Crippen LogP contribution is 2.47. The number of pyridine rings is 1. The van der Waals surface area contributed by atoms with Gasteiger partial charge in [0.05, 0.1) is 27.8 Å². The third-order valence-corrected chi connectivity index (χ3v) is 17.4. The topological polar surface area (TPSA) is 61.4 Å². The third kappa shape index (κ3) is 6.64. The van der Waals surface area contributed by atoms with Crippen molar-refractivity contribution in [2.75, 3.05) is 0 Å². The molecule has 0 fully saturated rings. The zero-order valence-electron chi connectivity index (χ0n) is 40.6. The Morgan fingerprint density at radius 3 is 1.28 bits per heavy atom. The minimum atomic E-state index is 0.557. The monoisotopic (exact) mass is 1000 g/mol. The molecule has 6 heterocycles. The number of para-hydroxylation sites is 4. The van der Waals surface area contributed by atoms with E-state index in [4.69, 9.17) is 19.9 Å². The molecular formula is C68H40N6S2.